The van der Waals surface area contributed by atoms with Crippen LogP contribution in [0, 0.1) is 17.1 Å². The fourth-order valence-corrected chi connectivity index (χ4v) is 3.30. The Hall–Kier alpha value is -2.92. The van der Waals surface area contributed by atoms with Crippen LogP contribution < -0.4 is 0 Å². The van der Waals surface area contributed by atoms with Crippen LogP contribution in [-0.4, -0.2) is 9.97 Å². The molecule has 0 saturated heterocycles. The normalized spacial score (nSPS) is 11.2. The number of pyridine rings is 2. The third-order valence-electron chi connectivity index (χ3n) is 3.64. The number of alkyl halides is 3. The van der Waals surface area contributed by atoms with Crippen molar-refractivity contribution in [2.45, 2.75) is 17.0 Å². The van der Waals surface area contributed by atoms with Crippen LogP contribution in [0.4, 0.5) is 17.6 Å². The third kappa shape index (κ3) is 4.44. The number of hydrogen-bond acceptors (Lipinski definition) is 4. The number of benzene rings is 1. The lowest BCUT2D eigenvalue weighted by atomic mass is 10.1. The van der Waals surface area contributed by atoms with E-state index in [-0.39, 0.29) is 10.7 Å². The zero-order chi connectivity index (χ0) is 19.4. The minimum absolute atomic E-state index is 0.0232. The van der Waals surface area contributed by atoms with E-state index in [1.807, 2.05) is 0 Å². The molecule has 0 atom stereocenters. The van der Waals surface area contributed by atoms with Crippen LogP contribution in [0.2, 0.25) is 0 Å². The lowest BCUT2D eigenvalue weighted by molar-refractivity contribution is -0.138. The predicted molar refractivity (Wildman–Crippen MR) is 93.1 cm³/mol. The minimum atomic E-state index is -4.72. The topological polar surface area (TPSA) is 49.6 Å². The molecule has 0 aliphatic carbocycles. The molecule has 1 aromatic carbocycles. The van der Waals surface area contributed by atoms with Crippen molar-refractivity contribution in [3.63, 3.8) is 0 Å². The summed E-state index contributed by atoms with van der Waals surface area (Å²) in [6, 6.07) is 10.9. The van der Waals surface area contributed by atoms with Crippen molar-refractivity contribution in [1.82, 2.24) is 9.97 Å². The molecule has 8 heteroatoms. The maximum Gasteiger partial charge on any atom is 0.417 e. The first-order chi connectivity index (χ1) is 12.9. The van der Waals surface area contributed by atoms with E-state index in [4.69, 9.17) is 0 Å². The second kappa shape index (κ2) is 7.76. The van der Waals surface area contributed by atoms with Crippen molar-refractivity contribution in [2.24, 2.45) is 0 Å². The number of nitriles is 1. The summed E-state index contributed by atoms with van der Waals surface area (Å²) in [7, 11) is 0. The number of halogens is 4. The van der Waals surface area contributed by atoms with Gasteiger partial charge in [0.25, 0.3) is 0 Å². The molecule has 0 fully saturated rings. The average Bonchev–Trinajstić information content (AvgIpc) is 2.66. The molecular weight excluding hydrogens is 378 g/mol. The molecule has 0 bridgehead atoms. The van der Waals surface area contributed by atoms with E-state index >= 15 is 0 Å². The Morgan fingerprint density at radius 1 is 1.11 bits per heavy atom. The van der Waals surface area contributed by atoms with E-state index in [1.165, 1.54) is 12.1 Å². The van der Waals surface area contributed by atoms with Crippen molar-refractivity contribution in [2.75, 3.05) is 0 Å². The number of nitrogens with zero attached hydrogens (tertiary/aromatic N) is 3. The molecule has 0 radical (unpaired) electrons. The summed E-state index contributed by atoms with van der Waals surface area (Å²) in [5, 5.41) is 9.26. The largest absolute Gasteiger partial charge is 0.417 e. The first-order valence-electron chi connectivity index (χ1n) is 7.68. The van der Waals surface area contributed by atoms with Gasteiger partial charge >= 0.3 is 6.18 Å². The van der Waals surface area contributed by atoms with Crippen molar-refractivity contribution < 1.29 is 17.6 Å². The number of hydrogen-bond donors (Lipinski definition) is 0. The molecule has 136 valence electrons. The zero-order valence-electron chi connectivity index (χ0n) is 13.7. The molecule has 0 N–H and O–H groups in total. The highest BCUT2D eigenvalue weighted by atomic mass is 32.2. The van der Waals surface area contributed by atoms with Crippen LogP contribution in [0.25, 0.3) is 11.3 Å². The number of aromatic nitrogens is 2. The second-order valence-electron chi connectivity index (χ2n) is 5.50. The van der Waals surface area contributed by atoms with Crippen LogP contribution in [-0.2, 0) is 11.9 Å². The highest BCUT2D eigenvalue weighted by Gasteiger charge is 2.36. The third-order valence-corrected chi connectivity index (χ3v) is 4.69. The van der Waals surface area contributed by atoms with E-state index in [1.54, 1.807) is 30.6 Å². The van der Waals surface area contributed by atoms with Crippen LogP contribution in [0.5, 0.6) is 0 Å². The smallest absolute Gasteiger partial charge is 0.264 e. The van der Waals surface area contributed by atoms with E-state index in [0.717, 1.165) is 35.5 Å². The summed E-state index contributed by atoms with van der Waals surface area (Å²) in [5.74, 6) is -0.200. The summed E-state index contributed by atoms with van der Waals surface area (Å²) in [6.07, 6.45) is -1.54. The Morgan fingerprint density at radius 3 is 2.44 bits per heavy atom. The van der Waals surface area contributed by atoms with E-state index in [9.17, 15) is 22.8 Å². The quantitative estimate of drug-likeness (QED) is 0.439. The molecule has 0 unspecified atom stereocenters. The van der Waals surface area contributed by atoms with Gasteiger partial charge in [-0.1, -0.05) is 6.07 Å². The van der Waals surface area contributed by atoms with Gasteiger partial charge < -0.3 is 0 Å². The van der Waals surface area contributed by atoms with Gasteiger partial charge in [0.1, 0.15) is 16.9 Å². The highest BCUT2D eigenvalue weighted by molar-refractivity contribution is 7.98. The van der Waals surface area contributed by atoms with Crippen molar-refractivity contribution in [3.05, 3.63) is 77.4 Å². The molecule has 2 heterocycles. The Labute approximate surface area is 156 Å². The standard InChI is InChI=1S/C19H11F4N3S/c20-14-5-3-13(4-6-14)17-8-16(19(21,22)23)15(9-24)18(26-17)27-11-12-2-1-7-25-10-12/h1-8,10H,11H2. The first-order valence-corrected chi connectivity index (χ1v) is 8.67. The van der Waals surface area contributed by atoms with Gasteiger partial charge in [0, 0.05) is 23.7 Å². The SMILES string of the molecule is N#Cc1c(C(F)(F)F)cc(-c2ccc(F)cc2)nc1SCc1cccnc1. The zero-order valence-corrected chi connectivity index (χ0v) is 14.5. The molecule has 0 saturated carbocycles. The Morgan fingerprint density at radius 2 is 1.85 bits per heavy atom. The van der Waals surface area contributed by atoms with Gasteiger partial charge in [-0.3, -0.25) is 4.98 Å². The van der Waals surface area contributed by atoms with E-state index in [2.05, 4.69) is 9.97 Å². The van der Waals surface area contributed by atoms with E-state index in [0.29, 0.717) is 11.3 Å². The lowest BCUT2D eigenvalue weighted by Crippen LogP contribution is -2.10. The maximum atomic E-state index is 13.5. The Kier molecular flexibility index (Phi) is 5.42. The van der Waals surface area contributed by atoms with Gasteiger partial charge in [-0.25, -0.2) is 9.37 Å². The Balaban J connectivity index is 2.08. The fraction of sp³-hybridized carbons (Fsp3) is 0.105. The van der Waals surface area contributed by atoms with E-state index < -0.39 is 23.1 Å². The van der Waals surface area contributed by atoms with Crippen LogP contribution in [0.1, 0.15) is 16.7 Å². The molecule has 3 rings (SSSR count). The molecular formula is C19H11F4N3S. The van der Waals surface area contributed by atoms with Gasteiger partial charge in [0.15, 0.2) is 0 Å². The minimum Gasteiger partial charge on any atom is -0.264 e. The van der Waals surface area contributed by atoms with Gasteiger partial charge in [0.2, 0.25) is 0 Å². The molecule has 0 spiro atoms. The van der Waals surface area contributed by atoms with Gasteiger partial charge in [0.05, 0.1) is 16.8 Å². The molecule has 2 aromatic heterocycles. The van der Waals surface area contributed by atoms with Crippen LogP contribution in [0.15, 0.2) is 59.9 Å². The maximum absolute atomic E-state index is 13.5. The van der Waals surface area contributed by atoms with Gasteiger partial charge in [-0.05, 0) is 42.0 Å². The summed E-state index contributed by atoms with van der Waals surface area (Å²) in [5.41, 5.74) is -0.450. The molecule has 0 aliphatic heterocycles. The van der Waals surface area contributed by atoms with Crippen LogP contribution in [0.3, 0.4) is 0 Å². The molecule has 0 amide bonds. The van der Waals surface area contributed by atoms with Gasteiger partial charge in [-0.2, -0.15) is 18.4 Å². The molecule has 3 nitrogen and oxygen atoms in total. The highest BCUT2D eigenvalue weighted by Crippen LogP contribution is 2.38. The Bertz CT molecular complexity index is 981. The summed E-state index contributed by atoms with van der Waals surface area (Å²) >= 11 is 1.02. The molecule has 3 aromatic rings. The fourth-order valence-electron chi connectivity index (χ4n) is 2.36. The molecule has 27 heavy (non-hydrogen) atoms. The van der Waals surface area contributed by atoms with Crippen LogP contribution >= 0.6 is 11.8 Å². The molecule has 0 aliphatic rings. The number of rotatable bonds is 4. The lowest BCUT2D eigenvalue weighted by Gasteiger charge is -2.14. The summed E-state index contributed by atoms with van der Waals surface area (Å²) < 4.78 is 53.6. The van der Waals surface area contributed by atoms with Crippen molar-refractivity contribution in [3.8, 4) is 17.3 Å². The summed E-state index contributed by atoms with van der Waals surface area (Å²) in [6.45, 7) is 0. The summed E-state index contributed by atoms with van der Waals surface area (Å²) in [4.78, 5) is 8.19. The number of thioether (sulfide) groups is 1. The average molecular weight is 389 g/mol. The second-order valence-corrected chi connectivity index (χ2v) is 6.47. The first kappa shape index (κ1) is 18.9. The predicted octanol–water partition coefficient (Wildman–Crippen LogP) is 5.47. The van der Waals surface area contributed by atoms with Crippen molar-refractivity contribution in [1.29, 1.82) is 5.26 Å². The van der Waals surface area contributed by atoms with Crippen molar-refractivity contribution >= 4 is 11.8 Å². The monoisotopic (exact) mass is 389 g/mol. The van der Waals surface area contributed by atoms with Gasteiger partial charge in [-0.15, -0.1) is 11.8 Å².